The molecule has 94 valence electrons. The molecule has 1 aromatic carbocycles. The van der Waals surface area contributed by atoms with Crippen molar-refractivity contribution in [2.24, 2.45) is 0 Å². The van der Waals surface area contributed by atoms with E-state index >= 15 is 0 Å². The molecule has 1 aromatic rings. The van der Waals surface area contributed by atoms with Crippen molar-refractivity contribution >= 4 is 0 Å². The maximum absolute atomic E-state index is 10.1. The van der Waals surface area contributed by atoms with Crippen LogP contribution in [-0.2, 0) is 6.54 Å². The van der Waals surface area contributed by atoms with E-state index in [2.05, 4.69) is 29.6 Å². The van der Waals surface area contributed by atoms with Crippen molar-refractivity contribution in [3.63, 3.8) is 0 Å². The Morgan fingerprint density at radius 1 is 1.00 bits per heavy atom. The van der Waals surface area contributed by atoms with Crippen LogP contribution in [0.5, 0.6) is 0 Å². The van der Waals surface area contributed by atoms with E-state index in [1.165, 1.54) is 31.2 Å². The molecule has 1 fully saturated rings. The molecule has 0 aliphatic heterocycles. The quantitative estimate of drug-likeness (QED) is 0.841. The Hall–Kier alpha value is -0.860. The summed E-state index contributed by atoms with van der Waals surface area (Å²) in [6.45, 7) is 0.864. The van der Waals surface area contributed by atoms with Crippen molar-refractivity contribution in [1.82, 2.24) is 5.32 Å². The summed E-state index contributed by atoms with van der Waals surface area (Å²) < 4.78 is 0. The zero-order chi connectivity index (χ0) is 11.9. The first kappa shape index (κ1) is 12.6. The van der Waals surface area contributed by atoms with Crippen LogP contribution in [0.25, 0.3) is 0 Å². The first-order valence-electron chi connectivity index (χ1n) is 6.81. The minimum atomic E-state index is -0.168. The van der Waals surface area contributed by atoms with Crippen molar-refractivity contribution in [1.29, 1.82) is 0 Å². The second kappa shape index (κ2) is 6.77. The van der Waals surface area contributed by atoms with Crippen LogP contribution in [0.2, 0.25) is 0 Å². The van der Waals surface area contributed by atoms with Crippen LogP contribution >= 0.6 is 0 Å². The molecule has 0 saturated heterocycles. The lowest BCUT2D eigenvalue weighted by atomic mass is 9.94. The maximum Gasteiger partial charge on any atom is 0.0693 e. The number of aliphatic hydroxyl groups is 1. The minimum Gasteiger partial charge on any atom is -0.392 e. The van der Waals surface area contributed by atoms with Gasteiger partial charge in [-0.15, -0.1) is 0 Å². The third-order valence-electron chi connectivity index (χ3n) is 3.64. The Bertz CT molecular complexity index is 312. The van der Waals surface area contributed by atoms with Crippen molar-refractivity contribution in [2.45, 2.75) is 57.2 Å². The Kier molecular flexibility index (Phi) is 5.02. The second-order valence-electron chi connectivity index (χ2n) is 5.03. The lowest BCUT2D eigenvalue weighted by Crippen LogP contribution is -2.40. The molecule has 1 saturated carbocycles. The van der Waals surface area contributed by atoms with Gasteiger partial charge in [-0.05, 0) is 18.4 Å². The van der Waals surface area contributed by atoms with Crippen LogP contribution in [0.15, 0.2) is 30.3 Å². The summed E-state index contributed by atoms with van der Waals surface area (Å²) in [5.41, 5.74) is 1.29. The Labute approximate surface area is 104 Å². The van der Waals surface area contributed by atoms with Gasteiger partial charge in [0, 0.05) is 12.6 Å². The maximum atomic E-state index is 10.1. The van der Waals surface area contributed by atoms with Crippen molar-refractivity contribution in [3.05, 3.63) is 35.9 Å². The van der Waals surface area contributed by atoms with Crippen molar-refractivity contribution < 1.29 is 5.11 Å². The molecule has 0 bridgehead atoms. The van der Waals surface area contributed by atoms with Gasteiger partial charge in [0.05, 0.1) is 6.10 Å². The fourth-order valence-corrected chi connectivity index (χ4v) is 2.55. The number of hydrogen-bond acceptors (Lipinski definition) is 2. The summed E-state index contributed by atoms with van der Waals surface area (Å²) in [6.07, 6.45) is 6.90. The number of benzene rings is 1. The fourth-order valence-electron chi connectivity index (χ4n) is 2.55. The fraction of sp³-hybridized carbons (Fsp3) is 0.600. The summed E-state index contributed by atoms with van der Waals surface area (Å²) in [5.74, 6) is 0. The molecule has 2 rings (SSSR count). The normalized spacial score (nSPS) is 26.2. The molecular weight excluding hydrogens is 210 g/mol. The topological polar surface area (TPSA) is 32.3 Å². The number of nitrogens with one attached hydrogen (secondary N) is 1. The summed E-state index contributed by atoms with van der Waals surface area (Å²) in [7, 11) is 0. The third kappa shape index (κ3) is 4.14. The molecule has 2 heteroatoms. The molecule has 0 radical (unpaired) electrons. The lowest BCUT2D eigenvalue weighted by Gasteiger charge is -2.26. The highest BCUT2D eigenvalue weighted by Crippen LogP contribution is 2.18. The van der Waals surface area contributed by atoms with Crippen LogP contribution < -0.4 is 5.32 Å². The number of hydrogen-bond donors (Lipinski definition) is 2. The van der Waals surface area contributed by atoms with Gasteiger partial charge in [0.25, 0.3) is 0 Å². The predicted molar refractivity (Wildman–Crippen MR) is 70.8 cm³/mol. The molecule has 1 aliphatic rings. The van der Waals surface area contributed by atoms with Crippen LogP contribution in [0.1, 0.15) is 44.1 Å². The van der Waals surface area contributed by atoms with Gasteiger partial charge in [-0.3, -0.25) is 0 Å². The summed E-state index contributed by atoms with van der Waals surface area (Å²) >= 11 is 0. The highest BCUT2D eigenvalue weighted by Gasteiger charge is 2.19. The van der Waals surface area contributed by atoms with Gasteiger partial charge in [-0.2, -0.15) is 0 Å². The van der Waals surface area contributed by atoms with Crippen molar-refractivity contribution in [2.75, 3.05) is 0 Å². The van der Waals surface area contributed by atoms with Gasteiger partial charge in [-0.25, -0.2) is 0 Å². The summed E-state index contributed by atoms with van der Waals surface area (Å²) in [5, 5.41) is 13.6. The molecule has 0 heterocycles. The first-order valence-corrected chi connectivity index (χ1v) is 6.81. The van der Waals surface area contributed by atoms with E-state index in [4.69, 9.17) is 0 Å². The Balaban J connectivity index is 1.83. The van der Waals surface area contributed by atoms with E-state index < -0.39 is 0 Å². The van der Waals surface area contributed by atoms with E-state index in [1.807, 2.05) is 6.07 Å². The second-order valence-corrected chi connectivity index (χ2v) is 5.03. The number of rotatable bonds is 3. The van der Waals surface area contributed by atoms with Gasteiger partial charge >= 0.3 is 0 Å². The standard InChI is InChI=1S/C15H23NO/c17-15-11-7-2-1-6-10-14(15)16-12-13-8-4-3-5-9-13/h3-5,8-9,14-17H,1-2,6-7,10-12H2/t14-,15-/m1/s1. The van der Waals surface area contributed by atoms with E-state index in [0.717, 1.165) is 19.4 Å². The van der Waals surface area contributed by atoms with Gasteiger partial charge in [0.2, 0.25) is 0 Å². The van der Waals surface area contributed by atoms with E-state index in [1.54, 1.807) is 0 Å². The first-order chi connectivity index (χ1) is 8.36. The molecule has 2 N–H and O–H groups in total. The molecule has 2 nitrogen and oxygen atoms in total. The Morgan fingerprint density at radius 2 is 1.71 bits per heavy atom. The average molecular weight is 233 g/mol. The smallest absolute Gasteiger partial charge is 0.0693 e. The van der Waals surface area contributed by atoms with E-state index in [0.29, 0.717) is 0 Å². The van der Waals surface area contributed by atoms with Crippen LogP contribution in [0.3, 0.4) is 0 Å². The largest absolute Gasteiger partial charge is 0.392 e. The van der Waals surface area contributed by atoms with Gasteiger partial charge in [0.15, 0.2) is 0 Å². The van der Waals surface area contributed by atoms with Crippen LogP contribution in [-0.4, -0.2) is 17.3 Å². The highest BCUT2D eigenvalue weighted by molar-refractivity contribution is 5.14. The zero-order valence-electron chi connectivity index (χ0n) is 10.4. The molecule has 0 aromatic heterocycles. The summed E-state index contributed by atoms with van der Waals surface area (Å²) in [6, 6.07) is 10.7. The van der Waals surface area contributed by atoms with E-state index in [9.17, 15) is 5.11 Å². The molecular formula is C15H23NO. The third-order valence-corrected chi connectivity index (χ3v) is 3.64. The average Bonchev–Trinajstić information content (AvgIpc) is 2.35. The predicted octanol–water partition coefficient (Wildman–Crippen LogP) is 2.86. The van der Waals surface area contributed by atoms with Gasteiger partial charge in [-0.1, -0.05) is 56.0 Å². The molecule has 0 unspecified atom stereocenters. The molecule has 0 spiro atoms. The SMILES string of the molecule is O[C@@H]1CCCCCC[C@H]1NCc1ccccc1. The highest BCUT2D eigenvalue weighted by atomic mass is 16.3. The molecule has 17 heavy (non-hydrogen) atoms. The monoisotopic (exact) mass is 233 g/mol. The Morgan fingerprint density at radius 3 is 2.47 bits per heavy atom. The van der Waals surface area contributed by atoms with Crippen LogP contribution in [0.4, 0.5) is 0 Å². The van der Waals surface area contributed by atoms with Crippen LogP contribution in [0, 0.1) is 0 Å². The number of aliphatic hydroxyl groups excluding tert-OH is 1. The lowest BCUT2D eigenvalue weighted by molar-refractivity contribution is 0.103. The van der Waals surface area contributed by atoms with Gasteiger partial charge < -0.3 is 10.4 Å². The van der Waals surface area contributed by atoms with E-state index in [-0.39, 0.29) is 12.1 Å². The zero-order valence-corrected chi connectivity index (χ0v) is 10.4. The molecule has 1 aliphatic carbocycles. The van der Waals surface area contributed by atoms with Gasteiger partial charge in [0.1, 0.15) is 0 Å². The molecule has 0 amide bonds. The minimum absolute atomic E-state index is 0.168. The summed E-state index contributed by atoms with van der Waals surface area (Å²) in [4.78, 5) is 0. The van der Waals surface area contributed by atoms with Crippen molar-refractivity contribution in [3.8, 4) is 0 Å². The molecule has 2 atom stereocenters.